The highest BCUT2D eigenvalue weighted by atomic mass is 35.5. The van der Waals surface area contributed by atoms with Crippen LogP contribution in [0.3, 0.4) is 0 Å². The number of benzene rings is 1. The number of ether oxygens (including phenoxy) is 2. The normalized spacial score (nSPS) is 14.7. The van der Waals surface area contributed by atoms with Gasteiger partial charge in [-0.15, -0.1) is 0 Å². The van der Waals surface area contributed by atoms with Gasteiger partial charge >= 0.3 is 0 Å². The van der Waals surface area contributed by atoms with Crippen LogP contribution in [0, 0.1) is 5.92 Å². The first kappa shape index (κ1) is 18.8. The molecule has 0 radical (unpaired) electrons. The third-order valence-electron chi connectivity index (χ3n) is 4.14. The molecule has 3 rings (SSSR count). The minimum atomic E-state index is -0.262. The minimum absolute atomic E-state index is 0.166. The van der Waals surface area contributed by atoms with Crippen LogP contribution in [0.2, 0.25) is 10.2 Å². The SMILES string of the molecule is CC(C)[C@H](NC(=O)c1cnc(Cl)c(Cl)c1)c1ccc2c(c1)OCCCO2. The Kier molecular flexibility index (Phi) is 5.89. The maximum Gasteiger partial charge on any atom is 0.253 e. The number of hydrogen-bond donors (Lipinski definition) is 1. The van der Waals surface area contributed by atoms with E-state index < -0.39 is 0 Å². The van der Waals surface area contributed by atoms with Gasteiger partial charge in [0.1, 0.15) is 5.15 Å². The molecule has 1 aromatic carbocycles. The number of nitrogens with zero attached hydrogens (tertiary/aromatic N) is 1. The average Bonchev–Trinajstić information content (AvgIpc) is 2.86. The average molecular weight is 395 g/mol. The highest BCUT2D eigenvalue weighted by molar-refractivity contribution is 6.41. The summed E-state index contributed by atoms with van der Waals surface area (Å²) in [4.78, 5) is 16.6. The van der Waals surface area contributed by atoms with E-state index in [9.17, 15) is 4.79 Å². The van der Waals surface area contributed by atoms with E-state index in [4.69, 9.17) is 32.7 Å². The lowest BCUT2D eigenvalue weighted by Gasteiger charge is -2.24. The van der Waals surface area contributed by atoms with Crippen molar-refractivity contribution in [3.63, 3.8) is 0 Å². The monoisotopic (exact) mass is 394 g/mol. The molecule has 1 aliphatic rings. The second kappa shape index (κ2) is 8.14. The van der Waals surface area contributed by atoms with Crippen molar-refractivity contribution in [3.05, 3.63) is 51.8 Å². The number of carbonyl (C=O) groups excluding carboxylic acids is 1. The number of aromatic nitrogens is 1. The molecule has 7 heteroatoms. The van der Waals surface area contributed by atoms with Crippen LogP contribution in [0.4, 0.5) is 0 Å². The number of carbonyl (C=O) groups is 1. The van der Waals surface area contributed by atoms with Crippen LogP contribution in [0.25, 0.3) is 0 Å². The first-order valence-corrected chi connectivity index (χ1v) is 9.22. The molecule has 0 bridgehead atoms. The molecule has 1 N–H and O–H groups in total. The van der Waals surface area contributed by atoms with Crippen molar-refractivity contribution in [1.29, 1.82) is 0 Å². The van der Waals surface area contributed by atoms with Crippen molar-refractivity contribution >= 4 is 29.1 Å². The third kappa shape index (κ3) is 4.22. The third-order valence-corrected chi connectivity index (χ3v) is 4.83. The quantitative estimate of drug-likeness (QED) is 0.764. The molecule has 0 saturated carbocycles. The summed E-state index contributed by atoms with van der Waals surface area (Å²) in [5.41, 5.74) is 1.31. The smallest absolute Gasteiger partial charge is 0.253 e. The van der Waals surface area contributed by atoms with Gasteiger partial charge in [0.15, 0.2) is 11.5 Å². The number of pyridine rings is 1. The van der Waals surface area contributed by atoms with E-state index >= 15 is 0 Å². The Balaban J connectivity index is 1.84. The number of halogens is 2. The number of rotatable bonds is 4. The van der Waals surface area contributed by atoms with Crippen molar-refractivity contribution in [3.8, 4) is 11.5 Å². The van der Waals surface area contributed by atoms with Gasteiger partial charge in [-0.25, -0.2) is 4.98 Å². The van der Waals surface area contributed by atoms with Crippen LogP contribution in [0.5, 0.6) is 11.5 Å². The van der Waals surface area contributed by atoms with Crippen LogP contribution < -0.4 is 14.8 Å². The molecule has 26 heavy (non-hydrogen) atoms. The van der Waals surface area contributed by atoms with Gasteiger partial charge in [0.25, 0.3) is 5.91 Å². The summed E-state index contributed by atoms with van der Waals surface area (Å²) in [5, 5.41) is 3.46. The molecule has 2 heterocycles. The fraction of sp³-hybridized carbons (Fsp3) is 0.368. The van der Waals surface area contributed by atoms with Crippen molar-refractivity contribution in [1.82, 2.24) is 10.3 Å². The predicted molar refractivity (Wildman–Crippen MR) is 101 cm³/mol. The summed E-state index contributed by atoms with van der Waals surface area (Å²) in [7, 11) is 0. The maximum absolute atomic E-state index is 12.6. The first-order valence-electron chi connectivity index (χ1n) is 8.47. The summed E-state index contributed by atoms with van der Waals surface area (Å²) in [6, 6.07) is 7.08. The van der Waals surface area contributed by atoms with Crippen molar-refractivity contribution in [2.75, 3.05) is 13.2 Å². The van der Waals surface area contributed by atoms with Crippen molar-refractivity contribution < 1.29 is 14.3 Å². The van der Waals surface area contributed by atoms with E-state index in [-0.39, 0.29) is 28.0 Å². The van der Waals surface area contributed by atoms with E-state index in [1.807, 2.05) is 32.0 Å². The zero-order valence-corrected chi connectivity index (χ0v) is 16.1. The standard InChI is InChI=1S/C19H20Cl2N2O3/c1-11(2)17(23-19(24)13-8-14(20)18(21)22-10-13)12-4-5-15-16(9-12)26-7-3-6-25-15/h4-5,8-11,17H,3,6-7H2,1-2H3,(H,23,24)/t17-/m0/s1. The zero-order chi connectivity index (χ0) is 18.7. The Morgan fingerprint density at radius 1 is 1.15 bits per heavy atom. The Bertz CT molecular complexity index is 811. The molecule has 0 unspecified atom stereocenters. The molecule has 138 valence electrons. The van der Waals surface area contributed by atoms with Gasteiger partial charge in [0.05, 0.1) is 29.8 Å². The summed E-state index contributed by atoms with van der Waals surface area (Å²) in [6.07, 6.45) is 2.26. The molecule has 0 spiro atoms. The molecule has 1 atom stereocenters. The lowest BCUT2D eigenvalue weighted by atomic mass is 9.95. The molecule has 1 amide bonds. The molecule has 0 fully saturated rings. The van der Waals surface area contributed by atoms with Crippen LogP contribution in [0.1, 0.15) is 42.2 Å². The van der Waals surface area contributed by atoms with E-state index in [2.05, 4.69) is 10.3 Å². The second-order valence-electron chi connectivity index (χ2n) is 6.45. The second-order valence-corrected chi connectivity index (χ2v) is 7.21. The van der Waals surface area contributed by atoms with Gasteiger partial charge in [-0.05, 0) is 29.7 Å². The van der Waals surface area contributed by atoms with Crippen LogP contribution in [-0.4, -0.2) is 24.1 Å². The van der Waals surface area contributed by atoms with Gasteiger partial charge in [0, 0.05) is 12.6 Å². The highest BCUT2D eigenvalue weighted by Gasteiger charge is 2.22. The summed E-state index contributed by atoms with van der Waals surface area (Å²) < 4.78 is 11.4. The molecule has 1 aromatic heterocycles. The van der Waals surface area contributed by atoms with Crippen LogP contribution in [-0.2, 0) is 0 Å². The largest absolute Gasteiger partial charge is 0.490 e. The summed E-state index contributed by atoms with van der Waals surface area (Å²) >= 11 is 11.8. The van der Waals surface area contributed by atoms with Gasteiger partial charge in [-0.2, -0.15) is 0 Å². The molecule has 0 saturated heterocycles. The first-order chi connectivity index (χ1) is 12.5. The lowest BCUT2D eigenvalue weighted by molar-refractivity contribution is 0.0925. The maximum atomic E-state index is 12.6. The Labute approximate surface area is 162 Å². The fourth-order valence-corrected chi connectivity index (χ4v) is 3.05. The highest BCUT2D eigenvalue weighted by Crippen LogP contribution is 2.34. The number of nitrogens with one attached hydrogen (secondary N) is 1. The van der Waals surface area contributed by atoms with E-state index in [1.54, 1.807) is 0 Å². The number of fused-ring (bicyclic) bond motifs is 1. The Morgan fingerprint density at radius 2 is 1.88 bits per heavy atom. The van der Waals surface area contributed by atoms with Gasteiger partial charge in [-0.1, -0.05) is 43.1 Å². The van der Waals surface area contributed by atoms with Crippen LogP contribution in [0.15, 0.2) is 30.5 Å². The molecule has 2 aromatic rings. The van der Waals surface area contributed by atoms with E-state index in [0.29, 0.717) is 24.5 Å². The van der Waals surface area contributed by atoms with E-state index in [0.717, 1.165) is 17.7 Å². The van der Waals surface area contributed by atoms with Crippen LogP contribution >= 0.6 is 23.2 Å². The zero-order valence-electron chi connectivity index (χ0n) is 14.6. The molecule has 1 aliphatic heterocycles. The van der Waals surface area contributed by atoms with Gasteiger partial charge in [0.2, 0.25) is 0 Å². The fourth-order valence-electron chi connectivity index (χ4n) is 2.78. The van der Waals surface area contributed by atoms with Gasteiger partial charge < -0.3 is 14.8 Å². The predicted octanol–water partition coefficient (Wildman–Crippen LogP) is 4.68. The van der Waals surface area contributed by atoms with Gasteiger partial charge in [-0.3, -0.25) is 4.79 Å². The number of amides is 1. The summed E-state index contributed by atoms with van der Waals surface area (Å²) in [5.74, 6) is 1.34. The molecular formula is C19H20Cl2N2O3. The molecular weight excluding hydrogens is 375 g/mol. The Hall–Kier alpha value is -1.98. The number of hydrogen-bond acceptors (Lipinski definition) is 4. The molecule has 0 aliphatic carbocycles. The topological polar surface area (TPSA) is 60.5 Å². The molecule has 5 nitrogen and oxygen atoms in total. The minimum Gasteiger partial charge on any atom is -0.490 e. The lowest BCUT2D eigenvalue weighted by Crippen LogP contribution is -2.31. The Morgan fingerprint density at radius 3 is 2.58 bits per heavy atom. The van der Waals surface area contributed by atoms with Crippen molar-refractivity contribution in [2.45, 2.75) is 26.3 Å². The van der Waals surface area contributed by atoms with Crippen molar-refractivity contribution in [2.24, 2.45) is 5.92 Å². The van der Waals surface area contributed by atoms with E-state index in [1.165, 1.54) is 12.3 Å². The summed E-state index contributed by atoms with van der Waals surface area (Å²) in [6.45, 7) is 5.34.